The lowest BCUT2D eigenvalue weighted by molar-refractivity contribution is -0.186. The van der Waals surface area contributed by atoms with E-state index < -0.39 is 28.0 Å². The number of hydrogen-bond acceptors (Lipinski definition) is 15. The number of pyridine rings is 1. The molecule has 0 radical (unpaired) electrons. The predicted molar refractivity (Wildman–Crippen MR) is 192 cm³/mol. The fourth-order valence-electron chi connectivity index (χ4n) is 6.45. The van der Waals surface area contributed by atoms with Gasteiger partial charge in [-0.05, 0) is 36.6 Å². The van der Waals surface area contributed by atoms with E-state index in [1.54, 1.807) is 6.07 Å². The smallest absolute Gasteiger partial charge is 0.278 e. The highest BCUT2D eigenvalue weighted by atomic mass is 32.2. The summed E-state index contributed by atoms with van der Waals surface area (Å²) >= 11 is 0. The molecule has 0 aliphatic carbocycles. The molecule has 4 aromatic rings. The molecular weight excluding hydrogens is 712 g/mol. The van der Waals surface area contributed by atoms with Crippen molar-refractivity contribution >= 4 is 44.4 Å². The molecule has 1 aromatic carbocycles. The summed E-state index contributed by atoms with van der Waals surface area (Å²) in [7, 11) is -2.27. The number of hydrogen-bond donors (Lipinski definition) is 2. The van der Waals surface area contributed by atoms with Crippen molar-refractivity contribution < 1.29 is 36.7 Å². The van der Waals surface area contributed by atoms with E-state index in [2.05, 4.69) is 30.1 Å². The van der Waals surface area contributed by atoms with Gasteiger partial charge < -0.3 is 24.0 Å². The van der Waals surface area contributed by atoms with Gasteiger partial charge in [-0.1, -0.05) is 0 Å². The van der Waals surface area contributed by atoms with Crippen molar-refractivity contribution in [2.24, 2.45) is 0 Å². The number of carbonyl (C=O) groups excluding carboxylic acids is 1. The van der Waals surface area contributed by atoms with Gasteiger partial charge in [0.15, 0.2) is 6.29 Å². The van der Waals surface area contributed by atoms with E-state index in [9.17, 15) is 13.2 Å². The van der Waals surface area contributed by atoms with E-state index in [1.807, 2.05) is 9.80 Å². The summed E-state index contributed by atoms with van der Waals surface area (Å²) in [4.78, 5) is 47.2. The first-order valence-electron chi connectivity index (χ1n) is 17.4. The van der Waals surface area contributed by atoms with Crippen molar-refractivity contribution in [2.45, 2.75) is 32.1 Å². The Bertz CT molecular complexity index is 2040. The lowest BCUT2D eigenvalue weighted by atomic mass is 10.0. The summed E-state index contributed by atoms with van der Waals surface area (Å²) in [5, 5.41) is 0.460. The number of rotatable bonds is 11. The van der Waals surface area contributed by atoms with Crippen LogP contribution in [-0.4, -0.2) is 123 Å². The number of benzene rings is 1. The number of sulfonamides is 1. The number of carbonyl (C=O) groups is 1. The van der Waals surface area contributed by atoms with Gasteiger partial charge in [-0.25, -0.2) is 48.0 Å². The minimum Gasteiger partial charge on any atom is -0.480 e. The Balaban J connectivity index is 1.10. The zero-order chi connectivity index (χ0) is 37.0. The molecule has 3 aliphatic heterocycles. The quantitative estimate of drug-likeness (QED) is 0.213. The topological polar surface area (TPSA) is 186 Å². The normalized spacial score (nSPS) is 18.6. The molecule has 0 saturated carbocycles. The zero-order valence-electron chi connectivity index (χ0n) is 29.5. The van der Waals surface area contributed by atoms with Crippen molar-refractivity contribution in [1.82, 2.24) is 35.3 Å². The minimum atomic E-state index is -3.67. The Morgan fingerprint density at radius 3 is 2.40 bits per heavy atom. The average molecular weight is 753 g/mol. The van der Waals surface area contributed by atoms with Crippen molar-refractivity contribution in [3.05, 3.63) is 53.7 Å². The molecule has 53 heavy (non-hydrogen) atoms. The molecule has 0 spiro atoms. The van der Waals surface area contributed by atoms with Gasteiger partial charge >= 0.3 is 0 Å². The highest BCUT2D eigenvalue weighted by Gasteiger charge is 2.25. The number of nitrogens with one attached hydrogen (secondary N) is 2. The molecule has 0 bridgehead atoms. The van der Waals surface area contributed by atoms with Gasteiger partial charge in [0.1, 0.15) is 11.5 Å². The van der Waals surface area contributed by atoms with Crippen LogP contribution in [0.15, 0.2) is 36.8 Å². The van der Waals surface area contributed by atoms with Crippen LogP contribution >= 0.6 is 0 Å². The van der Waals surface area contributed by atoms with Crippen molar-refractivity contribution in [2.75, 3.05) is 87.0 Å². The number of fused-ring (bicyclic) bond motifs is 1. The second-order valence-electron chi connectivity index (χ2n) is 13.0. The first kappa shape index (κ1) is 36.5. The van der Waals surface area contributed by atoms with Crippen molar-refractivity contribution in [3.8, 4) is 17.1 Å². The minimum absolute atomic E-state index is 0.0822. The van der Waals surface area contributed by atoms with Crippen LogP contribution in [0.1, 0.15) is 35.2 Å². The predicted octanol–water partition coefficient (Wildman–Crippen LogP) is 2.35. The lowest BCUT2D eigenvalue weighted by Crippen LogP contribution is -2.46. The van der Waals surface area contributed by atoms with Crippen molar-refractivity contribution in [3.63, 3.8) is 0 Å². The zero-order valence-corrected chi connectivity index (χ0v) is 30.3. The number of morpholine rings is 1. The number of piperazine rings is 1. The first-order valence-corrected chi connectivity index (χ1v) is 19.2. The molecule has 1 amide bonds. The SMILES string of the molecule is COc1ncc(-c2nc(N3CCOCC3)nc3c(CN4CCN(c5ncc(C(=O)NOC6CCCCO6)cn5)CC4)cc(F)cc23)cc1NS(C)(=O)=O. The standard InChI is InChI=1S/C34H41FN10O7S/c1-49-32-27(42-53(2,47)48)16-22(18-36-32)29-26-17-25(35)15-23(30(26)40-34(39-29)45-10-13-50-14-11-45)21-43-6-8-44(9-7-43)33-37-19-24(20-38-33)31(46)41-52-28-5-3-4-12-51-28/h15-20,28,42H,3-14,21H2,1-2H3,(H,41,46). The molecular formula is C34H41FN10O7S. The number of hydroxylamine groups is 1. The third-order valence-electron chi connectivity index (χ3n) is 9.11. The maximum Gasteiger partial charge on any atom is 0.278 e. The Labute approximate surface area is 305 Å². The van der Waals surface area contributed by atoms with Crippen LogP contribution in [0.2, 0.25) is 0 Å². The molecule has 2 N–H and O–H groups in total. The van der Waals surface area contributed by atoms with Gasteiger partial charge in [0.2, 0.25) is 27.8 Å². The van der Waals surface area contributed by atoms with Gasteiger partial charge in [-0.15, -0.1) is 0 Å². The van der Waals surface area contributed by atoms with E-state index in [4.69, 9.17) is 29.0 Å². The monoisotopic (exact) mass is 752 g/mol. The first-order chi connectivity index (χ1) is 25.6. The van der Waals surface area contributed by atoms with Gasteiger partial charge in [-0.2, -0.15) is 0 Å². The summed E-state index contributed by atoms with van der Waals surface area (Å²) in [5.41, 5.74) is 4.93. The number of amides is 1. The largest absolute Gasteiger partial charge is 0.480 e. The summed E-state index contributed by atoms with van der Waals surface area (Å²) in [6.07, 6.45) is 7.70. The second-order valence-corrected chi connectivity index (χ2v) is 14.7. The average Bonchev–Trinajstić information content (AvgIpc) is 3.17. The fraction of sp³-hybridized carbons (Fsp3) is 0.471. The maximum absolute atomic E-state index is 15.4. The molecule has 19 heteroatoms. The van der Waals surface area contributed by atoms with Gasteiger partial charge in [-0.3, -0.25) is 14.4 Å². The number of halogens is 1. The Morgan fingerprint density at radius 2 is 1.70 bits per heavy atom. The van der Waals surface area contributed by atoms with E-state index in [-0.39, 0.29) is 17.1 Å². The second kappa shape index (κ2) is 16.0. The summed E-state index contributed by atoms with van der Waals surface area (Å²) < 4.78 is 58.5. The Morgan fingerprint density at radius 1 is 0.943 bits per heavy atom. The van der Waals surface area contributed by atoms with Crippen LogP contribution in [0.3, 0.4) is 0 Å². The van der Waals surface area contributed by atoms with Crippen LogP contribution in [0.25, 0.3) is 22.2 Å². The van der Waals surface area contributed by atoms with Crippen LogP contribution in [0, 0.1) is 5.82 Å². The summed E-state index contributed by atoms with van der Waals surface area (Å²) in [6, 6.07) is 4.46. The molecule has 3 fully saturated rings. The van der Waals surface area contributed by atoms with E-state index in [1.165, 1.54) is 37.8 Å². The molecule has 1 atom stereocenters. The van der Waals surface area contributed by atoms with E-state index in [0.29, 0.717) is 105 Å². The molecule has 3 saturated heterocycles. The van der Waals surface area contributed by atoms with E-state index >= 15 is 4.39 Å². The molecule has 7 rings (SSSR count). The highest BCUT2D eigenvalue weighted by Crippen LogP contribution is 2.35. The summed E-state index contributed by atoms with van der Waals surface area (Å²) in [6.45, 7) is 5.65. The molecule has 282 valence electrons. The Hall–Kier alpha value is -4.82. The number of ether oxygens (including phenoxy) is 3. The maximum atomic E-state index is 15.4. The van der Waals surface area contributed by atoms with Crippen LogP contribution in [-0.2, 0) is 30.9 Å². The highest BCUT2D eigenvalue weighted by molar-refractivity contribution is 7.92. The van der Waals surface area contributed by atoms with Crippen LogP contribution in [0.5, 0.6) is 5.88 Å². The summed E-state index contributed by atoms with van der Waals surface area (Å²) in [5.74, 6) is 0.124. The molecule has 17 nitrogen and oxygen atoms in total. The molecule has 1 unspecified atom stereocenters. The fourth-order valence-corrected chi connectivity index (χ4v) is 6.99. The Kier molecular flexibility index (Phi) is 11.1. The van der Waals surface area contributed by atoms with Crippen molar-refractivity contribution in [1.29, 1.82) is 0 Å². The van der Waals surface area contributed by atoms with Gasteiger partial charge in [0.05, 0.1) is 43.4 Å². The molecule has 3 aliphatic rings. The van der Waals surface area contributed by atoms with Crippen LogP contribution < -0.4 is 24.7 Å². The van der Waals surface area contributed by atoms with E-state index in [0.717, 1.165) is 25.5 Å². The van der Waals surface area contributed by atoms with Crippen LogP contribution in [0.4, 0.5) is 22.0 Å². The third-order valence-corrected chi connectivity index (χ3v) is 9.70. The number of anilines is 3. The van der Waals surface area contributed by atoms with Gasteiger partial charge in [0, 0.05) is 88.4 Å². The number of methoxy groups -OCH3 is 1. The lowest BCUT2D eigenvalue weighted by Gasteiger charge is -2.35. The molecule has 3 aromatic heterocycles. The number of nitrogens with zero attached hydrogens (tertiary/aromatic N) is 8. The third kappa shape index (κ3) is 8.87. The number of aromatic nitrogens is 5. The molecule has 6 heterocycles. The van der Waals surface area contributed by atoms with Gasteiger partial charge in [0.25, 0.3) is 5.91 Å².